The largest absolute Gasteiger partial charge is 0.365 e. The summed E-state index contributed by atoms with van der Waals surface area (Å²) >= 11 is 0. The zero-order valence-corrected chi connectivity index (χ0v) is 9.03. The maximum atomic E-state index is 3.30. The molecular weight excluding hydrogens is 166 g/mol. The number of hydrogen-bond acceptors (Lipinski definition) is 1. The molecule has 0 spiro atoms. The Labute approximate surface area is 75.7 Å². The lowest BCUT2D eigenvalue weighted by molar-refractivity contribution is 0.502. The third-order valence-electron chi connectivity index (χ3n) is 2.45. The Balaban J connectivity index is 2.09. The first-order valence-electron chi connectivity index (χ1n) is 4.58. The van der Waals surface area contributed by atoms with E-state index in [4.69, 9.17) is 0 Å². The van der Waals surface area contributed by atoms with Crippen molar-refractivity contribution in [2.45, 2.75) is 44.6 Å². The molecule has 1 saturated carbocycles. The molecule has 0 heterocycles. The first-order valence-corrected chi connectivity index (χ1v) is 6.29. The molecular formula is C8H16NSi2. The van der Waals surface area contributed by atoms with Gasteiger partial charge in [0.2, 0.25) is 0 Å². The summed E-state index contributed by atoms with van der Waals surface area (Å²) in [6, 6.07) is 1.38. The Hall–Kier alpha value is 0.394. The van der Waals surface area contributed by atoms with Crippen LogP contribution in [0.3, 0.4) is 0 Å². The molecule has 1 fully saturated rings. The molecule has 11 heavy (non-hydrogen) atoms. The van der Waals surface area contributed by atoms with Crippen molar-refractivity contribution in [3.63, 3.8) is 0 Å². The summed E-state index contributed by atoms with van der Waals surface area (Å²) in [6.45, 7) is 0. The van der Waals surface area contributed by atoms with Crippen LogP contribution in [0.5, 0.6) is 0 Å². The highest BCUT2D eigenvalue weighted by molar-refractivity contribution is 6.41. The zero-order chi connectivity index (χ0) is 7.94. The summed E-state index contributed by atoms with van der Waals surface area (Å²) in [5, 5.41) is 0. The van der Waals surface area contributed by atoms with Crippen LogP contribution in [0, 0.1) is 5.92 Å². The van der Waals surface area contributed by atoms with Gasteiger partial charge >= 0.3 is 0 Å². The van der Waals surface area contributed by atoms with Crippen molar-refractivity contribution in [2.24, 2.45) is 5.92 Å². The summed E-state index contributed by atoms with van der Waals surface area (Å²) in [4.78, 5) is 0. The topological polar surface area (TPSA) is 12.0 Å². The van der Waals surface area contributed by atoms with Crippen molar-refractivity contribution >= 4 is 20.1 Å². The molecule has 0 aliphatic heterocycles. The molecule has 0 aromatic carbocycles. The van der Waals surface area contributed by atoms with E-state index in [9.17, 15) is 0 Å². The van der Waals surface area contributed by atoms with Crippen LogP contribution < -0.4 is 4.65 Å². The van der Waals surface area contributed by atoms with E-state index in [1.165, 1.54) is 44.6 Å². The highest BCUT2D eigenvalue weighted by Crippen LogP contribution is 2.24. The average Bonchev–Trinajstić information content (AvgIpc) is 2.28. The molecule has 3 heteroatoms. The van der Waals surface area contributed by atoms with Gasteiger partial charge in [-0.25, -0.2) is 0 Å². The lowest BCUT2D eigenvalue weighted by Gasteiger charge is -2.11. The van der Waals surface area contributed by atoms with Gasteiger partial charge in [-0.2, -0.15) is 0 Å². The lowest BCUT2D eigenvalue weighted by Crippen LogP contribution is -2.17. The Morgan fingerprint density at radius 2 is 1.82 bits per heavy atom. The van der Waals surface area contributed by atoms with E-state index < -0.39 is 0 Å². The maximum Gasteiger partial charge on any atom is 0.132 e. The van der Waals surface area contributed by atoms with Crippen LogP contribution >= 0.6 is 0 Å². The molecule has 1 N–H and O–H groups in total. The maximum absolute atomic E-state index is 3.30. The predicted molar refractivity (Wildman–Crippen MR) is 50.6 cm³/mol. The van der Waals surface area contributed by atoms with Gasteiger partial charge in [-0.1, -0.05) is 38.5 Å². The third kappa shape index (κ3) is 4.08. The number of hydrogen-bond donors (Lipinski definition) is 1. The molecule has 1 aliphatic rings. The van der Waals surface area contributed by atoms with Crippen molar-refractivity contribution in [1.82, 2.24) is 4.65 Å². The van der Waals surface area contributed by atoms with Gasteiger partial charge in [0, 0.05) is 0 Å². The highest BCUT2D eigenvalue weighted by atomic mass is 28.3. The summed E-state index contributed by atoms with van der Waals surface area (Å²) in [6.07, 6.45) is 8.83. The second kappa shape index (κ2) is 5.97. The van der Waals surface area contributed by atoms with E-state index in [1.807, 2.05) is 0 Å². The van der Waals surface area contributed by atoms with Crippen LogP contribution in [0.4, 0.5) is 0 Å². The minimum Gasteiger partial charge on any atom is -0.365 e. The smallest absolute Gasteiger partial charge is 0.132 e. The van der Waals surface area contributed by atoms with Crippen LogP contribution in [0.1, 0.15) is 38.5 Å². The van der Waals surface area contributed by atoms with Gasteiger partial charge in [-0.15, -0.1) is 0 Å². The van der Waals surface area contributed by atoms with Crippen LogP contribution in [0.2, 0.25) is 6.04 Å². The van der Waals surface area contributed by atoms with Gasteiger partial charge in [0.25, 0.3) is 0 Å². The monoisotopic (exact) mass is 182 g/mol. The first-order chi connectivity index (χ1) is 5.43. The predicted octanol–water partition coefficient (Wildman–Crippen LogP) is 1.67. The normalized spacial score (nSPS) is 21.5. The van der Waals surface area contributed by atoms with Gasteiger partial charge in [0.05, 0.1) is 0 Å². The summed E-state index contributed by atoms with van der Waals surface area (Å²) < 4.78 is 3.07. The molecule has 1 rings (SSSR count). The second-order valence-electron chi connectivity index (χ2n) is 3.36. The molecule has 5 radical (unpaired) electrons. The van der Waals surface area contributed by atoms with Crippen molar-refractivity contribution in [3.05, 3.63) is 0 Å². The van der Waals surface area contributed by atoms with Crippen molar-refractivity contribution in [1.29, 1.82) is 0 Å². The van der Waals surface area contributed by atoms with Gasteiger partial charge in [0.1, 0.15) is 20.1 Å². The van der Waals surface area contributed by atoms with Crippen molar-refractivity contribution in [3.8, 4) is 0 Å². The molecule has 0 saturated heterocycles. The van der Waals surface area contributed by atoms with E-state index in [0.717, 1.165) is 15.6 Å². The second-order valence-corrected chi connectivity index (χ2v) is 5.13. The molecule has 1 nitrogen and oxygen atoms in total. The summed E-state index contributed by atoms with van der Waals surface area (Å²) in [5.74, 6) is 1.01. The van der Waals surface area contributed by atoms with Crippen LogP contribution in [0.15, 0.2) is 0 Å². The van der Waals surface area contributed by atoms with E-state index in [0.29, 0.717) is 0 Å². The molecule has 0 amide bonds. The summed E-state index contributed by atoms with van der Waals surface area (Å²) in [5.41, 5.74) is 0. The fraction of sp³-hybridized carbons (Fsp3) is 1.00. The SMILES string of the molecule is [Si]N[Si]CC1CCCCCC1. The standard InChI is InChI=1S/C8H16NSi2/c10-9-11-7-8-5-3-1-2-4-6-8/h8-9H,1-7H2. The molecule has 0 unspecified atom stereocenters. The van der Waals surface area contributed by atoms with E-state index in [2.05, 4.69) is 15.1 Å². The fourth-order valence-electron chi connectivity index (χ4n) is 1.76. The molecule has 1 aliphatic carbocycles. The van der Waals surface area contributed by atoms with E-state index in [1.54, 1.807) is 0 Å². The van der Waals surface area contributed by atoms with Crippen LogP contribution in [-0.4, -0.2) is 20.1 Å². The first kappa shape index (κ1) is 9.48. The molecule has 0 atom stereocenters. The quantitative estimate of drug-likeness (QED) is 0.517. The minimum absolute atomic E-state index is 0.906. The highest BCUT2D eigenvalue weighted by Gasteiger charge is 2.11. The van der Waals surface area contributed by atoms with E-state index in [-0.39, 0.29) is 0 Å². The van der Waals surface area contributed by atoms with Crippen LogP contribution in [-0.2, 0) is 0 Å². The van der Waals surface area contributed by atoms with Crippen molar-refractivity contribution in [2.75, 3.05) is 0 Å². The molecule has 61 valence electrons. The Morgan fingerprint density at radius 1 is 1.18 bits per heavy atom. The molecule has 0 aromatic rings. The zero-order valence-electron chi connectivity index (χ0n) is 7.03. The minimum atomic E-state index is 0.906. The van der Waals surface area contributed by atoms with Gasteiger partial charge < -0.3 is 4.65 Å². The van der Waals surface area contributed by atoms with Crippen molar-refractivity contribution < 1.29 is 0 Å². The lowest BCUT2D eigenvalue weighted by atomic mass is 10.0. The Bertz CT molecular complexity index is 90.1. The number of rotatable bonds is 3. The number of nitrogens with one attached hydrogen (secondary N) is 1. The fourth-order valence-corrected chi connectivity index (χ4v) is 2.87. The van der Waals surface area contributed by atoms with Gasteiger partial charge in [-0.05, 0) is 12.0 Å². The molecule has 0 bridgehead atoms. The molecule has 0 aromatic heterocycles. The third-order valence-corrected chi connectivity index (χ3v) is 3.94. The average molecular weight is 182 g/mol. The van der Waals surface area contributed by atoms with Gasteiger partial charge in [0.15, 0.2) is 0 Å². The van der Waals surface area contributed by atoms with Crippen LogP contribution in [0.25, 0.3) is 0 Å². The Kier molecular flexibility index (Phi) is 5.15. The summed E-state index contributed by atoms with van der Waals surface area (Å²) in [7, 11) is 4.21. The van der Waals surface area contributed by atoms with Gasteiger partial charge in [-0.3, -0.25) is 0 Å². The van der Waals surface area contributed by atoms with E-state index >= 15 is 0 Å². The Morgan fingerprint density at radius 3 is 2.36 bits per heavy atom.